The molecular formula is C57H58. The summed E-state index contributed by atoms with van der Waals surface area (Å²) in [6.45, 7) is 18.7. The lowest BCUT2D eigenvalue weighted by atomic mass is 9.95. The Labute approximate surface area is 343 Å². The Bertz CT molecular complexity index is 2490. The van der Waals surface area contributed by atoms with Gasteiger partial charge in [-0.3, -0.25) is 0 Å². The summed E-state index contributed by atoms with van der Waals surface area (Å²) in [6, 6.07) is 62.5. The van der Waals surface area contributed by atoms with E-state index in [0.29, 0.717) is 0 Å². The van der Waals surface area contributed by atoms with E-state index >= 15 is 0 Å². The monoisotopic (exact) mass is 742 g/mol. The van der Waals surface area contributed by atoms with E-state index in [-0.39, 0.29) is 0 Å². The van der Waals surface area contributed by atoms with Gasteiger partial charge in [-0.05, 0) is 119 Å². The highest BCUT2D eigenvalue weighted by Gasteiger charge is 2.20. The predicted octanol–water partition coefficient (Wildman–Crippen LogP) is 14.2. The van der Waals surface area contributed by atoms with Crippen LogP contribution in [0.3, 0.4) is 0 Å². The van der Waals surface area contributed by atoms with Gasteiger partial charge in [0, 0.05) is 0 Å². The largest absolute Gasteiger partial charge is 0.0985 e. The Morgan fingerprint density at radius 1 is 0.509 bits per heavy atom. The molecule has 57 heavy (non-hydrogen) atoms. The summed E-state index contributed by atoms with van der Waals surface area (Å²) < 4.78 is 0. The fourth-order valence-corrected chi connectivity index (χ4v) is 7.16. The van der Waals surface area contributed by atoms with Crippen molar-refractivity contribution in [3.8, 4) is 22.3 Å². The molecule has 1 aliphatic rings. The van der Waals surface area contributed by atoms with Crippen molar-refractivity contribution in [2.45, 2.75) is 61.3 Å². The molecule has 0 aromatic heterocycles. The molecule has 0 bridgehead atoms. The topological polar surface area (TPSA) is 0 Å². The molecule has 0 radical (unpaired) electrons. The molecule has 1 aliphatic carbocycles. The Morgan fingerprint density at radius 2 is 1.04 bits per heavy atom. The zero-order valence-corrected chi connectivity index (χ0v) is 35.0. The lowest BCUT2D eigenvalue weighted by molar-refractivity contribution is 1.26. The minimum atomic E-state index is 0.941. The number of rotatable bonds is 6. The second-order valence-corrected chi connectivity index (χ2v) is 14.5. The van der Waals surface area contributed by atoms with Crippen molar-refractivity contribution in [1.82, 2.24) is 0 Å². The highest BCUT2D eigenvalue weighted by Crippen LogP contribution is 2.41. The van der Waals surface area contributed by atoms with Crippen LogP contribution < -0.4 is 10.4 Å². The van der Waals surface area contributed by atoms with E-state index in [2.05, 4.69) is 217 Å². The molecule has 286 valence electrons. The van der Waals surface area contributed by atoms with E-state index in [0.717, 1.165) is 12.8 Å². The molecule has 0 N–H and O–H groups in total. The Kier molecular flexibility index (Phi) is 15.6. The van der Waals surface area contributed by atoms with E-state index in [1.54, 1.807) is 0 Å². The van der Waals surface area contributed by atoms with Gasteiger partial charge < -0.3 is 0 Å². The Hall–Kier alpha value is -6.24. The highest BCUT2D eigenvalue weighted by molar-refractivity contribution is 5.84. The molecule has 0 nitrogen and oxygen atoms in total. The van der Waals surface area contributed by atoms with Gasteiger partial charge in [-0.25, -0.2) is 0 Å². The zero-order valence-electron chi connectivity index (χ0n) is 35.0. The SMILES string of the molecule is C=C/C(=C\Cc1ccccc1)c1ccc(C)cc1.CC.CC(C)=c1cccc/c1=C(/C)c1ccccc1.Cc1ccc(-c2cccc3c2Cc2ccccc2-3)cc1. The molecule has 0 atom stereocenters. The first-order valence-electron chi connectivity index (χ1n) is 20.3. The van der Waals surface area contributed by atoms with E-state index in [4.69, 9.17) is 0 Å². The lowest BCUT2D eigenvalue weighted by Gasteiger charge is -2.09. The van der Waals surface area contributed by atoms with Crippen LogP contribution >= 0.6 is 0 Å². The maximum atomic E-state index is 3.90. The standard InChI is InChI=1S/C20H16.C18H18.C17H18.C2H6/c1-14-9-11-15(12-10-14)17-7-4-8-19-18-6-3-2-5-16(18)13-20(17)19;1-3-17(18-12-9-15(2)10-13-18)14-11-16-7-5-4-6-8-16;1-13(2)16-11-7-8-12-17(16)14(3)15-9-5-4-6-10-15;1-2/h2-12H,13H2,1H3;3-10,12-14H,1,11H2,2H3;4-12H,1-3H3;1-2H3/b;2*17-14+;. The summed E-state index contributed by atoms with van der Waals surface area (Å²) in [5.41, 5.74) is 18.7. The lowest BCUT2D eigenvalue weighted by Crippen LogP contribution is -2.27. The molecule has 0 saturated carbocycles. The Balaban J connectivity index is 0.000000160. The zero-order chi connectivity index (χ0) is 40.6. The van der Waals surface area contributed by atoms with E-state index in [9.17, 15) is 0 Å². The Morgan fingerprint density at radius 3 is 1.67 bits per heavy atom. The third-order valence-corrected chi connectivity index (χ3v) is 10.3. The van der Waals surface area contributed by atoms with Crippen LogP contribution in [0.5, 0.6) is 0 Å². The predicted molar refractivity (Wildman–Crippen MR) is 251 cm³/mol. The highest BCUT2D eigenvalue weighted by atomic mass is 14.2. The maximum absolute atomic E-state index is 3.90. The van der Waals surface area contributed by atoms with Crippen LogP contribution in [0.25, 0.3) is 39.0 Å². The van der Waals surface area contributed by atoms with Gasteiger partial charge >= 0.3 is 0 Å². The fraction of sp³-hybridized carbons (Fsp3) is 0.158. The minimum absolute atomic E-state index is 0.941. The van der Waals surface area contributed by atoms with Crippen LogP contribution in [0.2, 0.25) is 0 Å². The van der Waals surface area contributed by atoms with Crippen molar-refractivity contribution in [1.29, 1.82) is 0 Å². The molecule has 7 aromatic carbocycles. The molecule has 0 aliphatic heterocycles. The smallest absolute Gasteiger partial charge is 0.000729 e. The summed E-state index contributed by atoms with van der Waals surface area (Å²) in [7, 11) is 0. The molecule has 0 spiro atoms. The van der Waals surface area contributed by atoms with Crippen LogP contribution in [-0.4, -0.2) is 0 Å². The third-order valence-electron chi connectivity index (χ3n) is 10.3. The number of benzene rings is 7. The van der Waals surface area contributed by atoms with Gasteiger partial charge in [0.1, 0.15) is 0 Å². The first kappa shape index (κ1) is 41.9. The van der Waals surface area contributed by atoms with Gasteiger partial charge in [0.25, 0.3) is 0 Å². The summed E-state index contributed by atoms with van der Waals surface area (Å²) in [6.07, 6.45) is 6.15. The number of allylic oxidation sites excluding steroid dienone is 3. The molecule has 0 fully saturated rings. The van der Waals surface area contributed by atoms with Crippen LogP contribution in [0, 0.1) is 13.8 Å². The summed E-state index contributed by atoms with van der Waals surface area (Å²) >= 11 is 0. The van der Waals surface area contributed by atoms with Gasteiger partial charge in [-0.15, -0.1) is 0 Å². The van der Waals surface area contributed by atoms with Crippen molar-refractivity contribution >= 4 is 16.7 Å². The van der Waals surface area contributed by atoms with Gasteiger partial charge in [0.2, 0.25) is 0 Å². The van der Waals surface area contributed by atoms with E-state index in [1.165, 1.54) is 88.4 Å². The number of fused-ring (bicyclic) bond motifs is 3. The van der Waals surface area contributed by atoms with Crippen LogP contribution in [0.1, 0.15) is 73.6 Å². The van der Waals surface area contributed by atoms with Crippen LogP contribution in [0.15, 0.2) is 195 Å². The average Bonchev–Trinajstić information content (AvgIpc) is 3.65. The summed E-state index contributed by atoms with van der Waals surface area (Å²) in [5.74, 6) is 0. The van der Waals surface area contributed by atoms with E-state index < -0.39 is 0 Å². The summed E-state index contributed by atoms with van der Waals surface area (Å²) in [5, 5.41) is 2.67. The van der Waals surface area contributed by atoms with E-state index in [1.807, 2.05) is 26.0 Å². The minimum Gasteiger partial charge on any atom is -0.0985 e. The molecule has 0 saturated heterocycles. The normalized spacial score (nSPS) is 11.5. The molecule has 7 aromatic rings. The van der Waals surface area contributed by atoms with Crippen molar-refractivity contribution in [2.75, 3.05) is 0 Å². The van der Waals surface area contributed by atoms with Crippen LogP contribution in [0.4, 0.5) is 0 Å². The second kappa shape index (κ2) is 21.2. The maximum Gasteiger partial charge on any atom is -0.000729 e. The number of hydrogen-bond donors (Lipinski definition) is 0. The first-order chi connectivity index (χ1) is 27.8. The van der Waals surface area contributed by atoms with Crippen molar-refractivity contribution in [3.63, 3.8) is 0 Å². The van der Waals surface area contributed by atoms with Gasteiger partial charge in [-0.2, -0.15) is 0 Å². The summed E-state index contributed by atoms with van der Waals surface area (Å²) in [4.78, 5) is 0. The molecule has 0 heteroatoms. The fourth-order valence-electron chi connectivity index (χ4n) is 7.16. The first-order valence-corrected chi connectivity index (χ1v) is 20.3. The quantitative estimate of drug-likeness (QED) is 0.149. The van der Waals surface area contributed by atoms with Crippen molar-refractivity contribution < 1.29 is 0 Å². The number of hydrogen-bond acceptors (Lipinski definition) is 0. The molecular weight excluding hydrogens is 685 g/mol. The number of aryl methyl sites for hydroxylation is 2. The molecule has 0 unspecified atom stereocenters. The van der Waals surface area contributed by atoms with Gasteiger partial charge in [0.15, 0.2) is 0 Å². The average molecular weight is 743 g/mol. The van der Waals surface area contributed by atoms with Crippen molar-refractivity contribution in [2.24, 2.45) is 0 Å². The third kappa shape index (κ3) is 11.2. The second-order valence-electron chi connectivity index (χ2n) is 14.5. The molecule has 0 heterocycles. The van der Waals surface area contributed by atoms with Crippen LogP contribution in [-0.2, 0) is 12.8 Å². The molecule has 0 amide bonds. The molecule has 8 rings (SSSR count). The van der Waals surface area contributed by atoms with Gasteiger partial charge in [-0.1, -0.05) is 225 Å². The van der Waals surface area contributed by atoms with Crippen molar-refractivity contribution in [3.05, 3.63) is 244 Å². The van der Waals surface area contributed by atoms with Gasteiger partial charge in [0.05, 0.1) is 0 Å².